The number of aliphatic hydroxyl groups is 4. The molecule has 0 radical (unpaired) electrons. The van der Waals surface area contributed by atoms with Gasteiger partial charge < -0.3 is 113 Å². The number of nitrogens with two attached hydrogens (primary N) is 4. The van der Waals surface area contributed by atoms with Gasteiger partial charge in [-0.25, -0.2) is 32.3 Å². The van der Waals surface area contributed by atoms with Gasteiger partial charge in [-0.2, -0.15) is 0 Å². The van der Waals surface area contributed by atoms with E-state index in [9.17, 15) is 67.8 Å². The number of unbranched alkanes of at least 4 members (excludes halogenated alkanes) is 2. The highest BCUT2D eigenvalue weighted by atomic mass is 32.2. The Labute approximate surface area is 468 Å². The van der Waals surface area contributed by atoms with E-state index < -0.39 is 162 Å². The van der Waals surface area contributed by atoms with E-state index >= 15 is 0 Å². The molecular formula is C47H79N11O22S. The van der Waals surface area contributed by atoms with Crippen LogP contribution in [0.3, 0.4) is 0 Å². The number of carboxylic acids is 2. The number of aliphatic hydroxyl groups excluding tert-OH is 4. The van der Waals surface area contributed by atoms with Gasteiger partial charge in [0.2, 0.25) is 45.2 Å². The van der Waals surface area contributed by atoms with Crippen molar-refractivity contribution in [3.63, 3.8) is 0 Å². The smallest absolute Gasteiger partial charge is 0.370 e. The number of ether oxygens (including phenoxy) is 8. The molecule has 2 heterocycles. The number of rotatable bonds is 42. The highest BCUT2D eigenvalue weighted by molar-refractivity contribution is 7.89. The molecule has 0 saturated heterocycles. The third-order valence-corrected chi connectivity index (χ3v) is 13.3. The van der Waals surface area contributed by atoms with Crippen molar-refractivity contribution in [1.82, 2.24) is 25.6 Å². The normalized spacial score (nSPS) is 20.3. The second-order valence-electron chi connectivity index (χ2n) is 17.9. The third-order valence-electron chi connectivity index (χ3n) is 11.5. The van der Waals surface area contributed by atoms with E-state index in [1.807, 2.05) is 0 Å². The largest absolute Gasteiger partial charge is 0.478 e. The van der Waals surface area contributed by atoms with Crippen LogP contribution in [0.2, 0.25) is 0 Å². The van der Waals surface area contributed by atoms with Crippen LogP contribution in [0, 0.1) is 12.3 Å². The molecule has 4 amide bonds. The van der Waals surface area contributed by atoms with Gasteiger partial charge in [-0.15, -0.1) is 6.42 Å². The average molecular weight is 1180 g/mol. The molecule has 10 atom stereocenters. The quantitative estimate of drug-likeness (QED) is 0.0117. The summed E-state index contributed by atoms with van der Waals surface area (Å²) in [6.45, 7) is 0.264. The molecule has 0 spiro atoms. The lowest BCUT2D eigenvalue weighted by Crippen LogP contribution is -2.60. The van der Waals surface area contributed by atoms with Crippen molar-refractivity contribution in [2.75, 3.05) is 111 Å². The molecular weight excluding hydrogens is 1100 g/mol. The monoisotopic (exact) mass is 1180 g/mol. The van der Waals surface area contributed by atoms with Crippen LogP contribution in [0.1, 0.15) is 39.5 Å². The Hall–Kier alpha value is -6.49. The van der Waals surface area contributed by atoms with Crippen molar-refractivity contribution in [2.24, 2.45) is 32.9 Å². The van der Waals surface area contributed by atoms with Crippen molar-refractivity contribution in [1.29, 1.82) is 0 Å². The fraction of sp³-hybridized carbons (Fsp3) is 0.702. The minimum Gasteiger partial charge on any atom is -0.478 e. The summed E-state index contributed by atoms with van der Waals surface area (Å²) in [7, 11) is -3.97. The van der Waals surface area contributed by atoms with Gasteiger partial charge in [0.25, 0.3) is 0 Å². The van der Waals surface area contributed by atoms with Crippen LogP contribution < -0.4 is 44.2 Å². The molecule has 0 aliphatic carbocycles. The fourth-order valence-corrected chi connectivity index (χ4v) is 9.26. The SMILES string of the molecule is C#CCOCCOCCOCCOCCS(=O)(=O)N(CCCCNC(=O)CO[C@@H]([C@@H]1OC(C(=O)O)=C[C@H](N=C(N)N)[C@H]1NC(C)=O)[C@H](O)CO)CCCCNC(=O)CO[C@@H]([C@@H]1OC(C(=O)O)=C[C@H](N=C(N)N)[C@H]1NC(C)=O)[C@H](O)CO. The number of aliphatic imine (C=N–C) groups is 2. The number of hydrogen-bond donors (Lipinski definition) is 14. The zero-order valence-corrected chi connectivity index (χ0v) is 45.9. The average Bonchev–Trinajstić information content (AvgIpc) is 3.39. The van der Waals surface area contributed by atoms with Crippen molar-refractivity contribution in [2.45, 2.75) is 100 Å². The molecule has 0 aromatic rings. The summed E-state index contributed by atoms with van der Waals surface area (Å²) in [5, 5.41) is 70.8. The Kier molecular flexibility index (Phi) is 33.4. The van der Waals surface area contributed by atoms with Gasteiger partial charge >= 0.3 is 11.9 Å². The number of nitrogens with one attached hydrogen (secondary N) is 4. The van der Waals surface area contributed by atoms with E-state index in [2.05, 4.69) is 37.2 Å². The highest BCUT2D eigenvalue weighted by Crippen LogP contribution is 2.28. The summed E-state index contributed by atoms with van der Waals surface area (Å²) in [6.07, 6.45) is -1.81. The first kappa shape index (κ1) is 70.6. The van der Waals surface area contributed by atoms with Gasteiger partial charge in [-0.3, -0.25) is 19.2 Å². The lowest BCUT2D eigenvalue weighted by Gasteiger charge is -2.40. The molecule has 2 aliphatic rings. The van der Waals surface area contributed by atoms with Crippen molar-refractivity contribution in [3.8, 4) is 12.3 Å². The minimum absolute atomic E-state index is 0.00321. The van der Waals surface area contributed by atoms with Gasteiger partial charge in [0.05, 0.1) is 89.4 Å². The highest BCUT2D eigenvalue weighted by Gasteiger charge is 2.47. The maximum absolute atomic E-state index is 13.7. The molecule has 0 aromatic carbocycles. The van der Waals surface area contributed by atoms with E-state index in [0.717, 1.165) is 26.0 Å². The van der Waals surface area contributed by atoms with Gasteiger partial charge in [0, 0.05) is 40.0 Å². The number of carbonyl (C=O) groups is 6. The van der Waals surface area contributed by atoms with Crippen LogP contribution in [0.15, 0.2) is 33.7 Å². The molecule has 18 N–H and O–H groups in total. The first-order chi connectivity index (χ1) is 38.4. The van der Waals surface area contributed by atoms with Crippen LogP contribution in [0.5, 0.6) is 0 Å². The van der Waals surface area contributed by atoms with Crippen LogP contribution in [0.4, 0.5) is 0 Å². The first-order valence-corrected chi connectivity index (χ1v) is 27.1. The maximum Gasteiger partial charge on any atom is 0.370 e. The third kappa shape index (κ3) is 27.2. The van der Waals surface area contributed by atoms with Crippen molar-refractivity contribution in [3.05, 3.63) is 23.7 Å². The summed E-state index contributed by atoms with van der Waals surface area (Å²) in [4.78, 5) is 82.2. The number of terminal acetylenes is 1. The molecule has 0 fully saturated rings. The first-order valence-electron chi connectivity index (χ1n) is 25.5. The molecule has 2 rings (SSSR count). The van der Waals surface area contributed by atoms with E-state index in [0.29, 0.717) is 13.2 Å². The summed E-state index contributed by atoms with van der Waals surface area (Å²) < 4.78 is 72.5. The van der Waals surface area contributed by atoms with E-state index in [1.54, 1.807) is 0 Å². The van der Waals surface area contributed by atoms with Gasteiger partial charge in [-0.1, -0.05) is 5.92 Å². The lowest BCUT2D eigenvalue weighted by molar-refractivity contribution is -0.158. The summed E-state index contributed by atoms with van der Waals surface area (Å²) in [5.74, 6) is -6.20. The maximum atomic E-state index is 13.7. The summed E-state index contributed by atoms with van der Waals surface area (Å²) >= 11 is 0. The molecule has 460 valence electrons. The predicted octanol–water partition coefficient (Wildman–Crippen LogP) is -7.38. The Balaban J connectivity index is 2.08. The number of aliphatic carboxylic acids is 2. The summed E-state index contributed by atoms with van der Waals surface area (Å²) in [6, 6.07) is -4.97. The topological polar surface area (TPSA) is 512 Å². The molecule has 0 aromatic heterocycles. The Bertz CT molecular complexity index is 2160. The Morgan fingerprint density at radius 1 is 0.667 bits per heavy atom. The zero-order valence-electron chi connectivity index (χ0n) is 45.1. The lowest BCUT2D eigenvalue weighted by atomic mass is 9.92. The molecule has 2 aliphatic heterocycles. The van der Waals surface area contributed by atoms with Crippen LogP contribution >= 0.6 is 0 Å². The number of guanidine groups is 2. The second kappa shape index (κ2) is 38.3. The molecule has 33 nitrogen and oxygen atoms in total. The van der Waals surface area contributed by atoms with Gasteiger partial charge in [0.15, 0.2) is 24.1 Å². The van der Waals surface area contributed by atoms with Crippen molar-refractivity contribution >= 4 is 57.5 Å². The number of amides is 4. The van der Waals surface area contributed by atoms with Crippen LogP contribution in [-0.4, -0.2) is 263 Å². The van der Waals surface area contributed by atoms with E-state index in [4.69, 9.17) is 67.3 Å². The van der Waals surface area contributed by atoms with Gasteiger partial charge in [0.1, 0.15) is 44.2 Å². The standard InChI is InChI=1S/C47H79N11O22S/c1-4-13-73-14-15-74-16-17-75-18-19-76-20-21-81(71,72)58(11-7-5-9-52-36(65)26-77-40(32(63)24-59)42-38(54-28(2)61)30(56-46(48)49)22-34(79-42)44(67)68)12-8-6-10-53-37(66)27-78-41(33(64)25-60)43-39(55-29(3)62)31(57-47(50)51)23-35(80-43)45(69)70/h1,22-23,30-33,38-43,59-60,63-64H,5-21,24-27H2,2-3H3,(H,52,65)(H,53,66)(H,54,61)(H,55,62)(H,67,68)(H,69,70)(H4,48,49,56)(H4,50,51,57)/t30-,31-,32+,33+,38+,39+,40+,41+,42+,43+/m0/s1. The number of carboxylic acid groups (broad SMARTS) is 2. The van der Waals surface area contributed by atoms with E-state index in [-0.39, 0.29) is 91.5 Å². The van der Waals surface area contributed by atoms with E-state index in [1.165, 1.54) is 4.31 Å². The second-order valence-corrected chi connectivity index (χ2v) is 19.9. The number of carbonyl (C=O) groups excluding carboxylic acids is 4. The van der Waals surface area contributed by atoms with Crippen LogP contribution in [0.25, 0.3) is 0 Å². The minimum atomic E-state index is -3.97. The fourth-order valence-electron chi connectivity index (χ4n) is 7.85. The van der Waals surface area contributed by atoms with Crippen molar-refractivity contribution < 1.29 is 106 Å². The number of sulfonamides is 1. The number of nitrogens with zero attached hydrogens (tertiary/aromatic N) is 3. The van der Waals surface area contributed by atoms with Gasteiger partial charge in [-0.05, 0) is 37.8 Å². The Morgan fingerprint density at radius 3 is 1.40 bits per heavy atom. The van der Waals surface area contributed by atoms with Crippen LogP contribution in [-0.2, 0) is 76.7 Å². The summed E-state index contributed by atoms with van der Waals surface area (Å²) in [5.41, 5.74) is 22.2. The Morgan fingerprint density at radius 2 is 1.05 bits per heavy atom. The molecule has 81 heavy (non-hydrogen) atoms. The molecule has 0 bridgehead atoms. The molecule has 0 unspecified atom stereocenters. The zero-order chi connectivity index (χ0) is 60.5. The number of hydrogen-bond acceptors (Lipinski definition) is 22. The predicted molar refractivity (Wildman–Crippen MR) is 283 cm³/mol. The molecule has 0 saturated carbocycles. The molecule has 34 heteroatoms.